The molecule has 4 nitrogen and oxygen atoms in total. The third kappa shape index (κ3) is 4.16. The van der Waals surface area contributed by atoms with Crippen LogP contribution in [0.1, 0.15) is 18.5 Å². The summed E-state index contributed by atoms with van der Waals surface area (Å²) in [7, 11) is 2.14. The predicted molar refractivity (Wildman–Crippen MR) is 78.4 cm³/mol. The fourth-order valence-corrected chi connectivity index (χ4v) is 2.33. The van der Waals surface area contributed by atoms with E-state index in [9.17, 15) is 4.39 Å². The third-order valence-electron chi connectivity index (χ3n) is 3.73. The zero-order valence-electron chi connectivity index (χ0n) is 12.3. The lowest BCUT2D eigenvalue weighted by Crippen LogP contribution is -2.45. The largest absolute Gasteiger partial charge is 0.492 e. The van der Waals surface area contributed by atoms with E-state index in [1.165, 1.54) is 6.07 Å². The van der Waals surface area contributed by atoms with Crippen LogP contribution in [0.15, 0.2) is 18.2 Å². The van der Waals surface area contributed by atoms with E-state index in [0.29, 0.717) is 17.9 Å². The van der Waals surface area contributed by atoms with Crippen molar-refractivity contribution in [2.75, 3.05) is 46.4 Å². The van der Waals surface area contributed by atoms with Gasteiger partial charge in [0.1, 0.15) is 18.2 Å². The zero-order chi connectivity index (χ0) is 14.5. The molecule has 20 heavy (non-hydrogen) atoms. The van der Waals surface area contributed by atoms with Crippen molar-refractivity contribution < 1.29 is 9.13 Å². The maximum Gasteiger partial charge on any atom is 0.131 e. The summed E-state index contributed by atoms with van der Waals surface area (Å²) in [6.07, 6.45) is 0. The van der Waals surface area contributed by atoms with Crippen molar-refractivity contribution in [1.29, 1.82) is 0 Å². The number of benzene rings is 1. The van der Waals surface area contributed by atoms with E-state index in [1.54, 1.807) is 19.1 Å². The van der Waals surface area contributed by atoms with Gasteiger partial charge in [-0.05, 0) is 20.0 Å². The minimum Gasteiger partial charge on any atom is -0.492 e. The summed E-state index contributed by atoms with van der Waals surface area (Å²) >= 11 is 0. The van der Waals surface area contributed by atoms with Gasteiger partial charge < -0.3 is 15.4 Å². The number of nitrogens with zero attached hydrogens (tertiary/aromatic N) is 2. The Balaban J connectivity index is 1.78. The van der Waals surface area contributed by atoms with Gasteiger partial charge in [0.05, 0.1) is 0 Å². The third-order valence-corrected chi connectivity index (χ3v) is 3.73. The zero-order valence-corrected chi connectivity index (χ0v) is 12.3. The Labute approximate surface area is 120 Å². The SMILES string of the molecule is CC(N)c1ccc(OCCN2CCN(C)CC2)cc1F. The topological polar surface area (TPSA) is 41.7 Å². The standard InChI is InChI=1S/C15H24FN3O/c1-12(17)14-4-3-13(11-15(14)16)20-10-9-19-7-5-18(2)6-8-19/h3-4,11-12H,5-10,17H2,1-2H3. The van der Waals surface area contributed by atoms with Gasteiger partial charge in [-0.2, -0.15) is 0 Å². The Kier molecular flexibility index (Phi) is 5.34. The molecule has 1 fully saturated rings. The van der Waals surface area contributed by atoms with Crippen molar-refractivity contribution in [2.45, 2.75) is 13.0 Å². The van der Waals surface area contributed by atoms with Gasteiger partial charge in [0, 0.05) is 50.4 Å². The van der Waals surface area contributed by atoms with E-state index in [0.717, 1.165) is 32.7 Å². The number of hydrogen-bond acceptors (Lipinski definition) is 4. The van der Waals surface area contributed by atoms with Gasteiger partial charge in [0.15, 0.2) is 0 Å². The summed E-state index contributed by atoms with van der Waals surface area (Å²) in [6.45, 7) is 7.56. The van der Waals surface area contributed by atoms with Gasteiger partial charge in [-0.15, -0.1) is 0 Å². The van der Waals surface area contributed by atoms with Gasteiger partial charge >= 0.3 is 0 Å². The molecule has 5 heteroatoms. The fraction of sp³-hybridized carbons (Fsp3) is 0.600. The fourth-order valence-electron chi connectivity index (χ4n) is 2.33. The second kappa shape index (κ2) is 7.02. The van der Waals surface area contributed by atoms with E-state index in [4.69, 9.17) is 10.5 Å². The van der Waals surface area contributed by atoms with Crippen molar-refractivity contribution >= 4 is 0 Å². The monoisotopic (exact) mass is 281 g/mol. The highest BCUT2D eigenvalue weighted by molar-refractivity contribution is 5.30. The highest BCUT2D eigenvalue weighted by atomic mass is 19.1. The van der Waals surface area contributed by atoms with Crippen molar-refractivity contribution in [2.24, 2.45) is 5.73 Å². The minimum absolute atomic E-state index is 0.294. The van der Waals surface area contributed by atoms with Crippen LogP contribution in [-0.2, 0) is 0 Å². The first-order chi connectivity index (χ1) is 9.56. The number of nitrogens with two attached hydrogens (primary N) is 1. The van der Waals surface area contributed by atoms with Crippen LogP contribution in [-0.4, -0.2) is 56.2 Å². The quantitative estimate of drug-likeness (QED) is 0.887. The molecule has 2 rings (SSSR count). The van der Waals surface area contributed by atoms with Crippen molar-refractivity contribution in [1.82, 2.24) is 9.80 Å². The lowest BCUT2D eigenvalue weighted by atomic mass is 10.1. The molecule has 0 saturated carbocycles. The average molecular weight is 281 g/mol. The van der Waals surface area contributed by atoms with E-state index >= 15 is 0 Å². The Morgan fingerprint density at radius 1 is 1.30 bits per heavy atom. The second-order valence-corrected chi connectivity index (χ2v) is 5.47. The highest BCUT2D eigenvalue weighted by Crippen LogP contribution is 2.20. The molecule has 1 aliphatic rings. The van der Waals surface area contributed by atoms with Crippen LogP contribution in [0.25, 0.3) is 0 Å². The molecule has 1 unspecified atom stereocenters. The Morgan fingerprint density at radius 2 is 2.00 bits per heavy atom. The smallest absolute Gasteiger partial charge is 0.131 e. The molecule has 2 N–H and O–H groups in total. The molecule has 0 bridgehead atoms. The van der Waals surface area contributed by atoms with Crippen LogP contribution >= 0.6 is 0 Å². The molecule has 112 valence electrons. The highest BCUT2D eigenvalue weighted by Gasteiger charge is 2.13. The van der Waals surface area contributed by atoms with Crippen molar-refractivity contribution in [3.8, 4) is 5.75 Å². The number of halogens is 1. The van der Waals surface area contributed by atoms with Crippen LogP contribution in [0.5, 0.6) is 5.75 Å². The molecule has 1 atom stereocenters. The summed E-state index contributed by atoms with van der Waals surface area (Å²) in [6, 6.07) is 4.61. The lowest BCUT2D eigenvalue weighted by molar-refractivity contribution is 0.133. The van der Waals surface area contributed by atoms with E-state index in [-0.39, 0.29) is 11.9 Å². The summed E-state index contributed by atoms with van der Waals surface area (Å²) in [5.74, 6) is 0.276. The van der Waals surface area contributed by atoms with Crippen LogP contribution in [0.3, 0.4) is 0 Å². The first kappa shape index (κ1) is 15.2. The second-order valence-electron chi connectivity index (χ2n) is 5.47. The van der Waals surface area contributed by atoms with Gasteiger partial charge in [0.25, 0.3) is 0 Å². The van der Waals surface area contributed by atoms with Crippen molar-refractivity contribution in [3.05, 3.63) is 29.6 Å². The maximum atomic E-state index is 13.7. The summed E-state index contributed by atoms with van der Waals surface area (Å²) < 4.78 is 19.4. The molecule has 1 heterocycles. The van der Waals surface area contributed by atoms with Crippen LogP contribution < -0.4 is 10.5 Å². The molecular formula is C15H24FN3O. The van der Waals surface area contributed by atoms with Crippen LogP contribution in [0, 0.1) is 5.82 Å². The first-order valence-electron chi connectivity index (χ1n) is 7.15. The Bertz CT molecular complexity index is 431. The molecule has 0 radical (unpaired) electrons. The number of rotatable bonds is 5. The van der Waals surface area contributed by atoms with Gasteiger partial charge in [-0.1, -0.05) is 6.07 Å². The lowest BCUT2D eigenvalue weighted by Gasteiger charge is -2.32. The molecule has 0 aromatic heterocycles. The number of likely N-dealkylation sites (N-methyl/N-ethyl adjacent to an activating group) is 1. The normalized spacial score (nSPS) is 19.0. The van der Waals surface area contributed by atoms with Gasteiger partial charge in [-0.25, -0.2) is 4.39 Å². The summed E-state index contributed by atoms with van der Waals surface area (Å²) in [5.41, 5.74) is 6.21. The molecule has 0 aliphatic carbocycles. The molecular weight excluding hydrogens is 257 g/mol. The summed E-state index contributed by atoms with van der Waals surface area (Å²) in [4.78, 5) is 4.69. The molecule has 0 amide bonds. The molecule has 1 aromatic rings. The minimum atomic E-state index is -0.297. The van der Waals surface area contributed by atoms with E-state index in [2.05, 4.69) is 16.8 Å². The van der Waals surface area contributed by atoms with Crippen molar-refractivity contribution in [3.63, 3.8) is 0 Å². The Hall–Kier alpha value is -1.17. The molecule has 1 saturated heterocycles. The first-order valence-corrected chi connectivity index (χ1v) is 7.15. The average Bonchev–Trinajstić information content (AvgIpc) is 2.41. The molecule has 1 aromatic carbocycles. The number of piperazine rings is 1. The summed E-state index contributed by atoms with van der Waals surface area (Å²) in [5, 5.41) is 0. The molecule has 0 spiro atoms. The number of hydrogen-bond donors (Lipinski definition) is 1. The van der Waals surface area contributed by atoms with Crippen LogP contribution in [0.2, 0.25) is 0 Å². The Morgan fingerprint density at radius 3 is 2.60 bits per heavy atom. The predicted octanol–water partition coefficient (Wildman–Crippen LogP) is 1.47. The maximum absolute atomic E-state index is 13.7. The van der Waals surface area contributed by atoms with Crippen LogP contribution in [0.4, 0.5) is 4.39 Å². The molecule has 1 aliphatic heterocycles. The number of ether oxygens (including phenoxy) is 1. The van der Waals surface area contributed by atoms with E-state index in [1.807, 2.05) is 0 Å². The van der Waals surface area contributed by atoms with Gasteiger partial charge in [-0.3, -0.25) is 4.90 Å². The van der Waals surface area contributed by atoms with Gasteiger partial charge in [0.2, 0.25) is 0 Å². The van der Waals surface area contributed by atoms with E-state index < -0.39 is 0 Å².